The number of carbonyl (C=O) groups excluding carboxylic acids is 7. The zero-order valence-corrected chi connectivity index (χ0v) is 55.6. The number of nitrogens with two attached hydrogens (primary N) is 1. The lowest BCUT2D eigenvalue weighted by atomic mass is 9.82. The van der Waals surface area contributed by atoms with Crippen molar-refractivity contribution in [1.82, 2.24) is 56.5 Å². The lowest BCUT2D eigenvalue weighted by Gasteiger charge is -2.34. The average Bonchev–Trinajstić information content (AvgIpc) is 1.66. The van der Waals surface area contributed by atoms with E-state index in [4.69, 9.17) is 20.4 Å². The van der Waals surface area contributed by atoms with Crippen LogP contribution in [-0.4, -0.2) is 233 Å². The minimum absolute atomic E-state index is 0.0302. The number of aliphatic hydroxyl groups excluding tert-OH is 5. The number of nitrogens with zero attached hydrogens (tertiary/aromatic N) is 7. The Morgan fingerprint density at radius 3 is 2.07 bits per heavy atom. The summed E-state index contributed by atoms with van der Waals surface area (Å²) in [5, 5.41) is 91.4. The van der Waals surface area contributed by atoms with Crippen molar-refractivity contribution in [2.75, 3.05) is 44.2 Å². The van der Waals surface area contributed by atoms with Gasteiger partial charge in [0.2, 0.25) is 47.3 Å². The summed E-state index contributed by atoms with van der Waals surface area (Å²) in [5.74, 6) is -9.09. The number of ether oxygens (including phenoxy) is 1. The Kier molecular flexibility index (Phi) is 23.8. The monoisotopic (exact) mass is 1390 g/mol. The van der Waals surface area contributed by atoms with E-state index in [1.807, 2.05) is 36.7 Å². The maximum atomic E-state index is 14.7. The highest BCUT2D eigenvalue weighted by molar-refractivity contribution is 7.81. The Morgan fingerprint density at radius 2 is 1.40 bits per heavy atom. The van der Waals surface area contributed by atoms with Crippen molar-refractivity contribution < 1.29 is 86.1 Å². The van der Waals surface area contributed by atoms with Crippen molar-refractivity contribution in [2.45, 2.75) is 195 Å². The second kappa shape index (κ2) is 31.9. The quantitative estimate of drug-likeness (QED) is 0.0557. The zero-order valence-electron chi connectivity index (χ0n) is 53.9. The summed E-state index contributed by atoms with van der Waals surface area (Å²) in [6, 6.07) is 0.479. The van der Waals surface area contributed by atoms with Crippen LogP contribution >= 0.6 is 11.3 Å². The molecule has 12 atom stereocenters. The maximum absolute atomic E-state index is 14.7. The van der Waals surface area contributed by atoms with E-state index in [1.54, 1.807) is 0 Å². The first-order valence-corrected chi connectivity index (χ1v) is 35.3. The van der Waals surface area contributed by atoms with Gasteiger partial charge in [-0.25, -0.2) is 9.97 Å². The third-order valence-electron chi connectivity index (χ3n) is 19.3. The molecule has 0 bridgehead atoms. The minimum Gasteiger partial charge on any atom is -0.504 e. The van der Waals surface area contributed by atoms with Gasteiger partial charge in [-0.15, -0.1) is 10.2 Å². The van der Waals surface area contributed by atoms with Crippen LogP contribution in [0.25, 0.3) is 21.7 Å². The highest BCUT2D eigenvalue weighted by atomic mass is 32.3. The van der Waals surface area contributed by atoms with Gasteiger partial charge in [-0.1, -0.05) is 61.4 Å². The minimum atomic E-state index is -5.21. The molecule has 6 aliphatic rings. The van der Waals surface area contributed by atoms with E-state index in [9.17, 15) is 77.2 Å². The van der Waals surface area contributed by atoms with Crippen LogP contribution in [0.5, 0.6) is 11.5 Å². The molecule has 2 aromatic carbocycles. The SMILES string of the molecule is C[C@@H](O)[C@@H]1NC(=O)[C@@H](NCC2CCC(c3nnc(-c4ccc(-c5cnc(N6CCC(OC7CCCC7)CC6)nc5)cc4)s3)CC2)CCCNC(=O)[C@@H]2[C@@H](O)[C@@H](C)CN2C(=O)[C@H]([C@H](O)CC(N)=O)NC(=O)[C@H]([C@H](O)Cc2ccc(O)c(OS(=O)(=O)O)c2)NC(=O)[C@@H]2C[C@@H](O)CN2C1=O. The third-order valence-corrected chi connectivity index (χ3v) is 20.8. The number of aromatic nitrogens is 4. The number of aliphatic hydroxyl groups is 5. The van der Waals surface area contributed by atoms with Gasteiger partial charge in [-0.2, -0.15) is 8.42 Å². The molecule has 6 heterocycles. The molecule has 0 spiro atoms. The Bertz CT molecular complexity index is 3550. The number of rotatable bonds is 18. The second-order valence-corrected chi connectivity index (χ2v) is 28.5. The molecule has 2 saturated carbocycles. The molecule has 33 heteroatoms. The fourth-order valence-corrected chi connectivity index (χ4v) is 15.2. The highest BCUT2D eigenvalue weighted by Gasteiger charge is 2.50. The number of hydrogen-bond donors (Lipinski definition) is 13. The van der Waals surface area contributed by atoms with Gasteiger partial charge in [0.1, 0.15) is 40.2 Å². The van der Waals surface area contributed by atoms with Crippen molar-refractivity contribution >= 4 is 69.0 Å². The molecular formula is C64H87N13O18S2. The topological polar surface area (TPSA) is 461 Å². The normalized spacial score (nSPS) is 28.2. The summed E-state index contributed by atoms with van der Waals surface area (Å²) >= 11 is 1.54. The van der Waals surface area contributed by atoms with E-state index in [0.717, 1.165) is 119 Å². The van der Waals surface area contributed by atoms with Crippen molar-refractivity contribution in [1.29, 1.82) is 0 Å². The highest BCUT2D eigenvalue weighted by Crippen LogP contribution is 2.39. The third kappa shape index (κ3) is 18.2. The standard InChI is InChI=1S/C64H87N13O18S2/c1-33-31-77-54(55(33)84)59(88)66-21-5-8-44(67-28-35-9-12-38(13-10-35)60-73-74-61(96-60)39-16-14-37(15-17-39)40-29-68-64(69-30-40)75-22-19-43(20-23-75)94-42-6-3-4-7-42)56(85)70-51(34(2)78)62(89)76-32-41(79)26-45(76)57(86)71-52(58(87)72-53(63(77)90)48(82)27-50(65)83)47(81)24-36-11-18-46(80)49(25-36)95-97(91,92)93/h11,14-18,25,29-30,33-35,38,41-45,47-48,51-55,67,78-82,84H,3-10,12-13,19-24,26-28,31-32H2,1-2H3,(H2,65,83)(H,66,88)(H,70,85)(H,71,86)(H,72,87)(H,91,92,93)/t33-,34+,35?,38?,41+,44-,45-,47+,48+,51-,52-,53-,54-,55-/m0/s1. The number of carbonyl (C=O) groups is 7. The van der Waals surface area contributed by atoms with E-state index in [1.165, 1.54) is 38.0 Å². The van der Waals surface area contributed by atoms with Crippen LogP contribution in [0.4, 0.5) is 5.95 Å². The summed E-state index contributed by atoms with van der Waals surface area (Å²) in [6.45, 7) is 3.84. The molecule has 0 radical (unpaired) electrons. The summed E-state index contributed by atoms with van der Waals surface area (Å²) in [7, 11) is -5.21. The van der Waals surface area contributed by atoms with Crippen molar-refractivity contribution in [3.8, 4) is 33.2 Å². The molecule has 0 unspecified atom stereocenters. The van der Waals surface area contributed by atoms with Crippen LogP contribution in [0, 0.1) is 11.8 Å². The Hall–Kier alpha value is -7.60. The molecule has 6 fully saturated rings. The lowest BCUT2D eigenvalue weighted by Crippen LogP contribution is -2.64. The molecule has 2 aromatic heterocycles. The number of piperidine rings is 1. The Morgan fingerprint density at radius 1 is 0.753 bits per heavy atom. The molecule has 4 saturated heterocycles. The largest absolute Gasteiger partial charge is 0.504 e. The number of amides is 7. The summed E-state index contributed by atoms with van der Waals surface area (Å²) in [6.07, 6.45) is 3.43. The van der Waals surface area contributed by atoms with Crippen LogP contribution in [0.15, 0.2) is 54.9 Å². The molecule has 10 rings (SSSR count). The van der Waals surface area contributed by atoms with Gasteiger partial charge < -0.3 is 86.6 Å². The molecule has 7 amide bonds. The molecule has 4 aliphatic heterocycles. The van der Waals surface area contributed by atoms with Crippen LogP contribution in [0.2, 0.25) is 0 Å². The zero-order chi connectivity index (χ0) is 69.4. The van der Waals surface area contributed by atoms with E-state index in [0.29, 0.717) is 24.7 Å². The number of hydrogen-bond acceptors (Lipinski definition) is 24. The average molecular weight is 1390 g/mol. The first-order chi connectivity index (χ1) is 46.3. The molecular weight excluding hydrogens is 1300 g/mol. The molecule has 14 N–H and O–H groups in total. The number of nitrogens with one attached hydrogen (secondary N) is 5. The number of benzene rings is 2. The first-order valence-electron chi connectivity index (χ1n) is 33.1. The number of anilines is 1. The molecule has 528 valence electrons. The number of phenolic OH excluding ortho intramolecular Hbond substituents is 1. The summed E-state index contributed by atoms with van der Waals surface area (Å²) in [5.41, 5.74) is 8.13. The number of aromatic hydroxyl groups is 1. The maximum Gasteiger partial charge on any atom is 0.446 e. The van der Waals surface area contributed by atoms with Crippen molar-refractivity contribution in [3.05, 3.63) is 65.4 Å². The van der Waals surface area contributed by atoms with Crippen molar-refractivity contribution in [2.24, 2.45) is 17.6 Å². The fourth-order valence-electron chi connectivity index (χ4n) is 13.9. The van der Waals surface area contributed by atoms with Crippen LogP contribution in [-0.2, 0) is 55.1 Å². The predicted molar refractivity (Wildman–Crippen MR) is 348 cm³/mol. The van der Waals surface area contributed by atoms with Gasteiger partial charge in [0.25, 0.3) is 0 Å². The van der Waals surface area contributed by atoms with Crippen LogP contribution in [0.3, 0.4) is 0 Å². The van der Waals surface area contributed by atoms with Crippen molar-refractivity contribution in [3.63, 3.8) is 0 Å². The molecule has 2 aliphatic carbocycles. The first kappa shape index (κ1) is 72.2. The molecule has 97 heavy (non-hydrogen) atoms. The summed E-state index contributed by atoms with van der Waals surface area (Å²) in [4.78, 5) is 113. The van der Waals surface area contributed by atoms with E-state index in [2.05, 4.69) is 45.9 Å². The molecule has 31 nitrogen and oxygen atoms in total. The van der Waals surface area contributed by atoms with E-state index in [-0.39, 0.29) is 43.3 Å². The van der Waals surface area contributed by atoms with Gasteiger partial charge in [0.15, 0.2) is 11.5 Å². The van der Waals surface area contributed by atoms with Gasteiger partial charge >= 0.3 is 10.4 Å². The van der Waals surface area contributed by atoms with Gasteiger partial charge in [-0.3, -0.25) is 38.1 Å². The lowest BCUT2D eigenvalue weighted by molar-refractivity contribution is -0.147. The van der Waals surface area contributed by atoms with Crippen LogP contribution in [0.1, 0.15) is 120 Å². The fraction of sp³-hybridized carbons (Fsp3) is 0.609. The van der Waals surface area contributed by atoms with Gasteiger partial charge in [0.05, 0.1) is 55.2 Å². The molecule has 4 aromatic rings. The number of phenols is 1. The van der Waals surface area contributed by atoms with E-state index >= 15 is 0 Å². The van der Waals surface area contributed by atoms with E-state index < -0.39 is 162 Å². The van der Waals surface area contributed by atoms with Gasteiger partial charge in [0, 0.05) is 80.9 Å². The summed E-state index contributed by atoms with van der Waals surface area (Å²) < 4.78 is 43.3. The number of fused-ring (bicyclic) bond motifs is 2. The predicted octanol–water partition coefficient (Wildman–Crippen LogP) is -0.536. The Balaban J connectivity index is 0.820. The number of primary amides is 1. The van der Waals surface area contributed by atoms with Gasteiger partial charge in [-0.05, 0) is 107 Å². The Labute approximate surface area is 564 Å². The smallest absolute Gasteiger partial charge is 0.446 e. The second-order valence-electron chi connectivity index (χ2n) is 26.5. The van der Waals surface area contributed by atoms with Crippen LogP contribution < -0.4 is 41.4 Å².